The van der Waals surface area contributed by atoms with E-state index in [1.165, 1.54) is 0 Å². The minimum Gasteiger partial charge on any atom is -0.338 e. The Labute approximate surface area is 166 Å². The van der Waals surface area contributed by atoms with Crippen LogP contribution in [0.3, 0.4) is 0 Å². The number of carbonyl (C=O) groups excluding carboxylic acids is 3. The average molecular weight is 400 g/mol. The van der Waals surface area contributed by atoms with E-state index in [-0.39, 0.29) is 13.2 Å². The first-order valence-electron chi connectivity index (χ1n) is 9.07. The smallest absolute Gasteiger partial charge is 0.335 e. The monoisotopic (exact) mass is 400 g/mol. The van der Waals surface area contributed by atoms with Crippen LogP contribution >= 0.6 is 11.3 Å². The van der Waals surface area contributed by atoms with Crippen LogP contribution in [0.2, 0.25) is 0 Å². The van der Waals surface area contributed by atoms with Crippen molar-refractivity contribution in [2.45, 2.75) is 6.42 Å². The summed E-state index contributed by atoms with van der Waals surface area (Å²) in [5.41, 5.74) is 0. The summed E-state index contributed by atoms with van der Waals surface area (Å²) in [7, 11) is 0. The summed E-state index contributed by atoms with van der Waals surface area (Å²) in [5, 5.41) is 1.94. The first-order valence-corrected chi connectivity index (χ1v) is 9.95. The molecule has 2 aliphatic heterocycles. The van der Waals surface area contributed by atoms with Gasteiger partial charge in [-0.3, -0.25) is 19.4 Å². The lowest BCUT2D eigenvalue weighted by molar-refractivity contribution is -0.144. The average Bonchev–Trinajstić information content (AvgIpc) is 3.32. The molecule has 0 aromatic carbocycles. The van der Waals surface area contributed by atoms with Gasteiger partial charge in [-0.1, -0.05) is 6.07 Å². The zero-order chi connectivity index (χ0) is 19.5. The molecule has 10 heteroatoms. The highest BCUT2D eigenvalue weighted by Crippen LogP contribution is 2.17. The number of nitrogens with zero attached hydrogens (tertiary/aromatic N) is 6. The standard InChI is InChI=1S/C18H20N6O3S/c25-15-16(26)24(18(27)23(15)7-4-14-3-1-12-28-14)13-21-8-10-22(11-9-21)17-19-5-2-6-20-17/h1-3,5-6,12H,4,7-11,13H2. The van der Waals surface area contributed by atoms with Crippen molar-refractivity contribution in [3.8, 4) is 0 Å². The third-order valence-corrected chi connectivity index (χ3v) is 5.78. The Morgan fingerprint density at radius 2 is 1.64 bits per heavy atom. The predicted molar refractivity (Wildman–Crippen MR) is 103 cm³/mol. The molecule has 2 saturated heterocycles. The van der Waals surface area contributed by atoms with Crippen molar-refractivity contribution in [1.82, 2.24) is 24.7 Å². The molecule has 146 valence electrons. The van der Waals surface area contributed by atoms with Crippen molar-refractivity contribution in [2.75, 3.05) is 44.3 Å². The molecule has 2 aliphatic rings. The quantitative estimate of drug-likeness (QED) is 0.519. The lowest BCUT2D eigenvalue weighted by Crippen LogP contribution is -2.51. The minimum absolute atomic E-state index is 0.127. The van der Waals surface area contributed by atoms with E-state index in [1.54, 1.807) is 29.8 Å². The zero-order valence-corrected chi connectivity index (χ0v) is 16.0. The number of imide groups is 2. The minimum atomic E-state index is -0.745. The number of urea groups is 1. The van der Waals surface area contributed by atoms with Crippen LogP contribution in [0.25, 0.3) is 0 Å². The van der Waals surface area contributed by atoms with Gasteiger partial charge in [-0.2, -0.15) is 0 Å². The largest absolute Gasteiger partial charge is 0.338 e. The van der Waals surface area contributed by atoms with Gasteiger partial charge in [0.15, 0.2) is 0 Å². The Morgan fingerprint density at radius 1 is 0.929 bits per heavy atom. The van der Waals surface area contributed by atoms with E-state index in [0.29, 0.717) is 38.5 Å². The number of hydrogen-bond donors (Lipinski definition) is 0. The molecule has 9 nitrogen and oxygen atoms in total. The molecule has 2 aromatic heterocycles. The van der Waals surface area contributed by atoms with Crippen molar-refractivity contribution in [1.29, 1.82) is 0 Å². The molecule has 4 amide bonds. The van der Waals surface area contributed by atoms with Crippen molar-refractivity contribution in [3.05, 3.63) is 40.8 Å². The van der Waals surface area contributed by atoms with Crippen LogP contribution in [-0.4, -0.2) is 81.9 Å². The summed E-state index contributed by atoms with van der Waals surface area (Å²) < 4.78 is 0. The van der Waals surface area contributed by atoms with Crippen LogP contribution in [0, 0.1) is 0 Å². The SMILES string of the molecule is O=C1C(=O)N(CN2CCN(c3ncccn3)CC2)C(=O)N1CCc1cccs1. The molecule has 0 aliphatic carbocycles. The molecule has 28 heavy (non-hydrogen) atoms. The van der Waals surface area contributed by atoms with Gasteiger partial charge in [-0.05, 0) is 17.5 Å². The Kier molecular flexibility index (Phi) is 5.31. The van der Waals surface area contributed by atoms with Gasteiger partial charge in [0.2, 0.25) is 5.95 Å². The molecular weight excluding hydrogens is 380 g/mol. The third kappa shape index (κ3) is 3.73. The maximum absolute atomic E-state index is 12.6. The molecule has 0 N–H and O–H groups in total. The van der Waals surface area contributed by atoms with Gasteiger partial charge >= 0.3 is 17.8 Å². The zero-order valence-electron chi connectivity index (χ0n) is 15.2. The van der Waals surface area contributed by atoms with E-state index < -0.39 is 17.8 Å². The maximum atomic E-state index is 12.6. The van der Waals surface area contributed by atoms with Crippen molar-refractivity contribution in [3.63, 3.8) is 0 Å². The van der Waals surface area contributed by atoms with Crippen LogP contribution in [0.4, 0.5) is 10.7 Å². The van der Waals surface area contributed by atoms with Crippen LogP contribution in [-0.2, 0) is 16.0 Å². The van der Waals surface area contributed by atoms with Crippen molar-refractivity contribution in [2.24, 2.45) is 0 Å². The molecule has 0 radical (unpaired) electrons. The summed E-state index contributed by atoms with van der Waals surface area (Å²) in [6.07, 6.45) is 3.96. The molecule has 0 saturated carbocycles. The van der Waals surface area contributed by atoms with Gasteiger partial charge in [0.1, 0.15) is 0 Å². The predicted octanol–water partition coefficient (Wildman–Crippen LogP) is 0.651. The topological polar surface area (TPSA) is 90.0 Å². The maximum Gasteiger partial charge on any atom is 0.335 e. The second-order valence-corrected chi connectivity index (χ2v) is 7.63. The van der Waals surface area contributed by atoms with Gasteiger partial charge in [-0.15, -0.1) is 11.3 Å². The highest BCUT2D eigenvalue weighted by atomic mass is 32.1. The van der Waals surface area contributed by atoms with Crippen LogP contribution < -0.4 is 4.90 Å². The van der Waals surface area contributed by atoms with Crippen LogP contribution in [0.15, 0.2) is 36.0 Å². The van der Waals surface area contributed by atoms with E-state index in [0.717, 1.165) is 14.7 Å². The fourth-order valence-electron chi connectivity index (χ4n) is 3.29. The number of thiophene rings is 1. The number of anilines is 1. The number of rotatable bonds is 6. The van der Waals surface area contributed by atoms with Gasteiger partial charge in [0.05, 0.1) is 6.67 Å². The van der Waals surface area contributed by atoms with Crippen molar-refractivity contribution < 1.29 is 14.4 Å². The second kappa shape index (κ2) is 8.03. The molecule has 4 rings (SSSR count). The summed E-state index contributed by atoms with van der Waals surface area (Å²) >= 11 is 1.57. The van der Waals surface area contributed by atoms with Gasteiger partial charge < -0.3 is 4.90 Å². The summed E-state index contributed by atoms with van der Waals surface area (Å²) in [4.78, 5) is 52.9. The van der Waals surface area contributed by atoms with Gasteiger partial charge in [0.25, 0.3) is 0 Å². The Bertz CT molecular complexity index is 851. The lowest BCUT2D eigenvalue weighted by Gasteiger charge is -2.35. The van der Waals surface area contributed by atoms with Crippen LogP contribution in [0.1, 0.15) is 4.88 Å². The number of carbonyl (C=O) groups is 3. The fourth-order valence-corrected chi connectivity index (χ4v) is 3.99. The highest BCUT2D eigenvalue weighted by Gasteiger charge is 2.44. The molecule has 0 atom stereocenters. The van der Waals surface area contributed by atoms with Gasteiger partial charge in [0, 0.05) is 56.4 Å². The number of hydrogen-bond acceptors (Lipinski definition) is 8. The molecule has 0 spiro atoms. The molecule has 2 fully saturated rings. The molecule has 0 unspecified atom stereocenters. The first-order chi connectivity index (χ1) is 13.6. The number of amides is 4. The van der Waals surface area contributed by atoms with Gasteiger partial charge in [-0.25, -0.2) is 19.7 Å². The molecular formula is C18H20N6O3S. The summed E-state index contributed by atoms with van der Waals surface area (Å²) in [5.74, 6) is -0.812. The molecule has 2 aromatic rings. The van der Waals surface area contributed by atoms with Crippen molar-refractivity contribution >= 4 is 35.1 Å². The second-order valence-electron chi connectivity index (χ2n) is 6.60. The first kappa shape index (κ1) is 18.5. The molecule has 4 heterocycles. The normalized spacial score (nSPS) is 18.4. The van der Waals surface area contributed by atoms with E-state index in [1.807, 2.05) is 22.4 Å². The summed E-state index contributed by atoms with van der Waals surface area (Å²) in [6.45, 7) is 3.03. The number of aromatic nitrogens is 2. The van der Waals surface area contributed by atoms with E-state index in [2.05, 4.69) is 14.9 Å². The lowest BCUT2D eigenvalue weighted by atomic mass is 10.3. The Hall–Kier alpha value is -2.85. The summed E-state index contributed by atoms with van der Waals surface area (Å²) in [6, 6.07) is 5.11. The number of piperazine rings is 1. The van der Waals surface area contributed by atoms with E-state index in [9.17, 15) is 14.4 Å². The van der Waals surface area contributed by atoms with E-state index in [4.69, 9.17) is 0 Å². The Morgan fingerprint density at radius 3 is 2.32 bits per heavy atom. The highest BCUT2D eigenvalue weighted by molar-refractivity contribution is 7.09. The fraction of sp³-hybridized carbons (Fsp3) is 0.389. The third-order valence-electron chi connectivity index (χ3n) is 4.85. The molecule has 0 bridgehead atoms. The Balaban J connectivity index is 1.32. The van der Waals surface area contributed by atoms with Crippen LogP contribution in [0.5, 0.6) is 0 Å². The van der Waals surface area contributed by atoms with E-state index >= 15 is 0 Å².